The van der Waals surface area contributed by atoms with Crippen molar-refractivity contribution < 1.29 is 9.18 Å². The minimum Gasteiger partial charge on any atom is -0.328 e. The van der Waals surface area contributed by atoms with E-state index in [0.717, 1.165) is 6.42 Å². The summed E-state index contributed by atoms with van der Waals surface area (Å²) < 4.78 is 13.5. The lowest BCUT2D eigenvalue weighted by molar-refractivity contribution is -0.122. The molecular weight excluding hydrogens is 251 g/mol. The third-order valence-electron chi connectivity index (χ3n) is 2.61. The molecule has 0 bridgehead atoms. The van der Waals surface area contributed by atoms with Crippen LogP contribution in [-0.4, -0.2) is 22.5 Å². The van der Waals surface area contributed by atoms with E-state index in [1.165, 1.54) is 17.0 Å². The Kier molecular flexibility index (Phi) is 3.72. The summed E-state index contributed by atoms with van der Waals surface area (Å²) in [5.74, 6) is -0.565. The molecule has 1 amide bonds. The van der Waals surface area contributed by atoms with Gasteiger partial charge in [0.2, 0.25) is 0 Å². The molecule has 1 aliphatic rings. The molecule has 1 aromatic carbocycles. The number of carbonyl (C=O) groups excluding carboxylic acids is 1. The van der Waals surface area contributed by atoms with Gasteiger partial charge in [-0.25, -0.2) is 4.39 Å². The van der Waals surface area contributed by atoms with Gasteiger partial charge in [-0.2, -0.15) is 0 Å². The summed E-state index contributed by atoms with van der Waals surface area (Å²) in [7, 11) is 0. The van der Waals surface area contributed by atoms with E-state index in [4.69, 9.17) is 12.2 Å². The molecule has 0 spiro atoms. The summed E-state index contributed by atoms with van der Waals surface area (Å²) in [6.07, 6.45) is 2.31. The molecule has 1 aliphatic heterocycles. The van der Waals surface area contributed by atoms with Crippen LogP contribution in [0.5, 0.6) is 0 Å². The molecule has 1 saturated heterocycles. The number of rotatable bonds is 3. The predicted octanol–water partition coefficient (Wildman–Crippen LogP) is 2.29. The molecule has 0 unspecified atom stereocenters. The molecule has 1 N–H and O–H groups in total. The first-order valence-electron chi connectivity index (χ1n) is 5.72. The Morgan fingerprint density at radius 1 is 1.44 bits per heavy atom. The van der Waals surface area contributed by atoms with Gasteiger partial charge < -0.3 is 5.32 Å². The monoisotopic (exact) mass is 264 g/mol. The first-order chi connectivity index (χ1) is 8.63. The largest absolute Gasteiger partial charge is 0.328 e. The lowest BCUT2D eigenvalue weighted by Gasteiger charge is -2.11. The van der Waals surface area contributed by atoms with Crippen molar-refractivity contribution in [1.29, 1.82) is 0 Å². The standard InChI is InChI=1S/C13H13FN2OS/c1-2-7-16-12(17)11(15-13(16)18)8-9-5-3-4-6-10(9)14/h3-6,8H,2,7H2,1H3,(H,15,18)/b11-8-. The topological polar surface area (TPSA) is 32.3 Å². The van der Waals surface area contributed by atoms with E-state index in [0.29, 0.717) is 22.9 Å². The van der Waals surface area contributed by atoms with Gasteiger partial charge in [0.1, 0.15) is 11.5 Å². The van der Waals surface area contributed by atoms with E-state index >= 15 is 0 Å². The molecule has 1 aromatic rings. The Balaban J connectivity index is 2.28. The van der Waals surface area contributed by atoms with Crippen LogP contribution in [0.3, 0.4) is 0 Å². The maximum atomic E-state index is 13.5. The molecule has 0 aromatic heterocycles. The molecule has 3 nitrogen and oxygen atoms in total. The number of hydrogen-bond acceptors (Lipinski definition) is 2. The highest BCUT2D eigenvalue weighted by atomic mass is 32.1. The maximum absolute atomic E-state index is 13.5. The van der Waals surface area contributed by atoms with Gasteiger partial charge in [-0.3, -0.25) is 9.69 Å². The minimum absolute atomic E-state index is 0.204. The summed E-state index contributed by atoms with van der Waals surface area (Å²) in [6, 6.07) is 6.29. The summed E-state index contributed by atoms with van der Waals surface area (Å²) in [6.45, 7) is 2.54. The lowest BCUT2D eigenvalue weighted by atomic mass is 10.2. The second-order valence-electron chi connectivity index (χ2n) is 3.97. The zero-order valence-electron chi connectivity index (χ0n) is 9.94. The minimum atomic E-state index is -0.362. The van der Waals surface area contributed by atoms with Gasteiger partial charge in [-0.05, 0) is 30.8 Å². The molecule has 1 heterocycles. The van der Waals surface area contributed by atoms with Crippen molar-refractivity contribution in [3.8, 4) is 0 Å². The number of thiocarbonyl (C=S) groups is 1. The van der Waals surface area contributed by atoms with Crippen molar-refractivity contribution >= 4 is 29.3 Å². The highest BCUT2D eigenvalue weighted by molar-refractivity contribution is 7.80. The highest BCUT2D eigenvalue weighted by Gasteiger charge is 2.29. The molecule has 94 valence electrons. The van der Waals surface area contributed by atoms with Crippen molar-refractivity contribution in [2.75, 3.05) is 6.54 Å². The van der Waals surface area contributed by atoms with Crippen LogP contribution in [0.1, 0.15) is 18.9 Å². The van der Waals surface area contributed by atoms with E-state index < -0.39 is 0 Å². The lowest BCUT2D eigenvalue weighted by Crippen LogP contribution is -2.31. The SMILES string of the molecule is CCCN1C(=O)/C(=C/c2ccccc2F)NC1=S. The van der Waals surface area contributed by atoms with Crippen molar-refractivity contribution in [2.45, 2.75) is 13.3 Å². The number of carbonyl (C=O) groups is 1. The quantitative estimate of drug-likeness (QED) is 0.671. The fourth-order valence-electron chi connectivity index (χ4n) is 1.75. The van der Waals surface area contributed by atoms with Crippen LogP contribution in [0, 0.1) is 5.82 Å². The molecule has 0 radical (unpaired) electrons. The summed E-state index contributed by atoms with van der Waals surface area (Å²) in [5, 5.41) is 3.20. The van der Waals surface area contributed by atoms with Crippen LogP contribution in [-0.2, 0) is 4.79 Å². The highest BCUT2D eigenvalue weighted by Crippen LogP contribution is 2.16. The Hall–Kier alpha value is -1.75. The van der Waals surface area contributed by atoms with E-state index in [1.54, 1.807) is 18.2 Å². The molecule has 5 heteroatoms. The van der Waals surface area contributed by atoms with Crippen LogP contribution in [0.25, 0.3) is 6.08 Å². The summed E-state index contributed by atoms with van der Waals surface area (Å²) in [5.41, 5.74) is 0.688. The average molecular weight is 264 g/mol. The number of halogens is 1. The van der Waals surface area contributed by atoms with Crippen LogP contribution in [0.2, 0.25) is 0 Å². The van der Waals surface area contributed by atoms with Crippen LogP contribution in [0.15, 0.2) is 30.0 Å². The van der Waals surface area contributed by atoms with Crippen molar-refractivity contribution in [2.24, 2.45) is 0 Å². The predicted molar refractivity (Wildman–Crippen MR) is 72.1 cm³/mol. The average Bonchev–Trinajstić information content (AvgIpc) is 2.60. The Labute approximate surface area is 110 Å². The Morgan fingerprint density at radius 2 is 2.17 bits per heavy atom. The van der Waals surface area contributed by atoms with Crippen molar-refractivity contribution in [3.05, 3.63) is 41.3 Å². The number of hydrogen-bond donors (Lipinski definition) is 1. The zero-order valence-corrected chi connectivity index (χ0v) is 10.8. The van der Waals surface area contributed by atoms with Gasteiger partial charge in [0.15, 0.2) is 5.11 Å². The summed E-state index contributed by atoms with van der Waals surface area (Å²) >= 11 is 5.07. The number of nitrogens with zero attached hydrogens (tertiary/aromatic N) is 1. The van der Waals surface area contributed by atoms with Gasteiger partial charge in [0, 0.05) is 12.1 Å². The molecule has 1 fully saturated rings. The zero-order chi connectivity index (χ0) is 13.1. The van der Waals surface area contributed by atoms with Crippen LogP contribution in [0.4, 0.5) is 4.39 Å². The maximum Gasteiger partial charge on any atom is 0.276 e. The second-order valence-corrected chi connectivity index (χ2v) is 4.35. The number of benzene rings is 1. The van der Waals surface area contributed by atoms with Gasteiger partial charge in [0.05, 0.1) is 0 Å². The van der Waals surface area contributed by atoms with Crippen molar-refractivity contribution in [3.63, 3.8) is 0 Å². The van der Waals surface area contributed by atoms with Crippen LogP contribution < -0.4 is 5.32 Å². The van der Waals surface area contributed by atoms with E-state index in [1.807, 2.05) is 6.92 Å². The fourth-order valence-corrected chi connectivity index (χ4v) is 2.03. The Morgan fingerprint density at radius 3 is 2.83 bits per heavy atom. The molecule has 0 saturated carbocycles. The Bertz CT molecular complexity index is 527. The van der Waals surface area contributed by atoms with Gasteiger partial charge in [-0.1, -0.05) is 25.1 Å². The number of nitrogens with one attached hydrogen (secondary N) is 1. The summed E-state index contributed by atoms with van der Waals surface area (Å²) in [4.78, 5) is 13.5. The van der Waals surface area contributed by atoms with E-state index in [-0.39, 0.29) is 11.7 Å². The molecule has 2 rings (SSSR count). The van der Waals surface area contributed by atoms with Crippen LogP contribution >= 0.6 is 12.2 Å². The molecular formula is C13H13FN2OS. The van der Waals surface area contributed by atoms with Gasteiger partial charge in [-0.15, -0.1) is 0 Å². The smallest absolute Gasteiger partial charge is 0.276 e. The number of amides is 1. The van der Waals surface area contributed by atoms with Gasteiger partial charge >= 0.3 is 0 Å². The normalized spacial score (nSPS) is 17.4. The fraction of sp³-hybridized carbons (Fsp3) is 0.231. The third kappa shape index (κ3) is 2.41. The molecule has 18 heavy (non-hydrogen) atoms. The molecule has 0 atom stereocenters. The first-order valence-corrected chi connectivity index (χ1v) is 6.13. The van der Waals surface area contributed by atoms with E-state index in [2.05, 4.69) is 5.32 Å². The second kappa shape index (κ2) is 5.27. The first kappa shape index (κ1) is 12.7. The third-order valence-corrected chi connectivity index (χ3v) is 2.94. The van der Waals surface area contributed by atoms with Crippen molar-refractivity contribution in [1.82, 2.24) is 10.2 Å². The molecule has 0 aliphatic carbocycles. The van der Waals surface area contributed by atoms with E-state index in [9.17, 15) is 9.18 Å². The van der Waals surface area contributed by atoms with Gasteiger partial charge in [0.25, 0.3) is 5.91 Å².